The third kappa shape index (κ3) is 3.13. The van der Waals surface area contributed by atoms with Crippen LogP contribution in [0.4, 0.5) is 5.69 Å². The van der Waals surface area contributed by atoms with Crippen molar-refractivity contribution in [3.05, 3.63) is 39.9 Å². The van der Waals surface area contributed by atoms with E-state index < -0.39 is 28.3 Å². The molecule has 1 aromatic rings. The maximum absolute atomic E-state index is 12.0. The van der Waals surface area contributed by atoms with E-state index in [9.17, 15) is 19.7 Å². The van der Waals surface area contributed by atoms with Crippen molar-refractivity contribution in [1.82, 2.24) is 0 Å². The Morgan fingerprint density at radius 1 is 1.47 bits per heavy atom. The normalized spacial score (nSPS) is 11.2. The number of ketones is 1. The number of benzene rings is 1. The number of esters is 1. The van der Waals surface area contributed by atoms with Gasteiger partial charge in [0.25, 0.3) is 5.69 Å². The summed E-state index contributed by atoms with van der Waals surface area (Å²) in [5.41, 5.74) is -0.732. The predicted molar refractivity (Wildman–Crippen MR) is 63.2 cm³/mol. The van der Waals surface area contributed by atoms with Crippen LogP contribution in [0.5, 0.6) is 0 Å². The molecule has 0 amide bonds. The van der Waals surface area contributed by atoms with E-state index in [0.29, 0.717) is 0 Å². The van der Waals surface area contributed by atoms with Gasteiger partial charge in [0.1, 0.15) is 0 Å². The third-order valence-electron chi connectivity index (χ3n) is 2.28. The molecule has 7 nitrogen and oxygen atoms in total. The van der Waals surface area contributed by atoms with Crippen LogP contribution in [-0.2, 0) is 9.53 Å². The number of para-hydroxylation sites is 1. The number of ether oxygens (including phenoxy) is 1. The Hall–Kier alpha value is -2.75. The number of hydrogen-bond acceptors (Lipinski definition) is 6. The highest BCUT2D eigenvalue weighted by molar-refractivity contribution is 6.12. The molecule has 0 aliphatic heterocycles. The zero-order valence-electron chi connectivity index (χ0n) is 10.0. The Bertz CT molecular complexity index is 561. The summed E-state index contributed by atoms with van der Waals surface area (Å²) >= 11 is 0. The predicted octanol–water partition coefficient (Wildman–Crippen LogP) is 1.48. The van der Waals surface area contributed by atoms with Gasteiger partial charge < -0.3 is 4.74 Å². The number of rotatable bonds is 5. The van der Waals surface area contributed by atoms with Gasteiger partial charge in [-0.3, -0.25) is 19.7 Å². The number of nitro benzene ring substituents is 1. The first-order chi connectivity index (χ1) is 9.02. The van der Waals surface area contributed by atoms with Crippen LogP contribution in [-0.4, -0.2) is 23.3 Å². The topological polar surface area (TPSA) is 110 Å². The molecule has 19 heavy (non-hydrogen) atoms. The van der Waals surface area contributed by atoms with Crippen LogP contribution in [0, 0.1) is 27.4 Å². The molecule has 0 N–H and O–H groups in total. The largest absolute Gasteiger partial charge is 0.465 e. The fourth-order valence-electron chi connectivity index (χ4n) is 1.44. The van der Waals surface area contributed by atoms with E-state index in [1.54, 1.807) is 0 Å². The van der Waals surface area contributed by atoms with E-state index in [0.717, 1.165) is 6.07 Å². The monoisotopic (exact) mass is 262 g/mol. The van der Waals surface area contributed by atoms with Gasteiger partial charge in [0.2, 0.25) is 5.92 Å². The molecule has 1 aromatic carbocycles. The van der Waals surface area contributed by atoms with Gasteiger partial charge in [-0.05, 0) is 13.0 Å². The van der Waals surface area contributed by atoms with Crippen molar-refractivity contribution in [2.45, 2.75) is 6.92 Å². The SMILES string of the molecule is CCOC(=O)[C@@H](C#N)C(=O)c1ccccc1[N+](=O)[O-]. The zero-order valence-corrected chi connectivity index (χ0v) is 10.0. The lowest BCUT2D eigenvalue weighted by molar-refractivity contribution is -0.385. The van der Waals surface area contributed by atoms with E-state index >= 15 is 0 Å². The summed E-state index contributed by atoms with van der Waals surface area (Å²) in [5, 5.41) is 19.6. The fourth-order valence-corrected chi connectivity index (χ4v) is 1.44. The van der Waals surface area contributed by atoms with Crippen LogP contribution in [0.1, 0.15) is 17.3 Å². The van der Waals surface area contributed by atoms with Crippen LogP contribution in [0.2, 0.25) is 0 Å². The molecule has 1 rings (SSSR count). The second-order valence-corrected chi connectivity index (χ2v) is 3.45. The summed E-state index contributed by atoms with van der Waals surface area (Å²) in [5.74, 6) is -3.64. The molecule has 0 radical (unpaired) electrons. The van der Waals surface area contributed by atoms with Crippen LogP contribution in [0.15, 0.2) is 24.3 Å². The van der Waals surface area contributed by atoms with Gasteiger partial charge in [0.15, 0.2) is 5.78 Å². The molecular formula is C12H10N2O5. The van der Waals surface area contributed by atoms with Crippen molar-refractivity contribution in [3.8, 4) is 6.07 Å². The summed E-state index contributed by atoms with van der Waals surface area (Å²) in [6.45, 7) is 1.54. The van der Waals surface area contributed by atoms with E-state index in [-0.39, 0.29) is 12.2 Å². The first kappa shape index (κ1) is 14.3. The summed E-state index contributed by atoms with van der Waals surface area (Å²) < 4.78 is 4.59. The molecule has 0 heterocycles. The summed E-state index contributed by atoms with van der Waals surface area (Å²) in [7, 11) is 0. The number of nitriles is 1. The first-order valence-corrected chi connectivity index (χ1v) is 5.36. The van der Waals surface area contributed by atoms with Gasteiger partial charge in [0.05, 0.1) is 23.2 Å². The lowest BCUT2D eigenvalue weighted by atomic mass is 9.97. The van der Waals surface area contributed by atoms with Gasteiger partial charge >= 0.3 is 5.97 Å². The van der Waals surface area contributed by atoms with Gasteiger partial charge in [-0.15, -0.1) is 0 Å². The molecule has 0 aliphatic carbocycles. The Balaban J connectivity index is 3.16. The first-order valence-electron chi connectivity index (χ1n) is 5.36. The van der Waals surface area contributed by atoms with Gasteiger partial charge in [0, 0.05) is 6.07 Å². The van der Waals surface area contributed by atoms with Crippen LogP contribution < -0.4 is 0 Å². The Kier molecular flexibility index (Phi) is 4.71. The highest BCUT2D eigenvalue weighted by atomic mass is 16.6. The van der Waals surface area contributed by atoms with Crippen molar-refractivity contribution in [3.63, 3.8) is 0 Å². The maximum Gasteiger partial charge on any atom is 0.331 e. The standard InChI is InChI=1S/C12H10N2O5/c1-2-19-12(16)9(7-13)11(15)8-5-3-4-6-10(8)14(17)18/h3-6,9H,2H2,1H3/t9-/m0/s1. The van der Waals surface area contributed by atoms with Gasteiger partial charge in [-0.2, -0.15) is 5.26 Å². The Labute approximate surface area is 108 Å². The molecular weight excluding hydrogens is 252 g/mol. The number of nitrogens with zero attached hydrogens (tertiary/aromatic N) is 2. The zero-order chi connectivity index (χ0) is 14.4. The smallest absolute Gasteiger partial charge is 0.331 e. The molecule has 0 spiro atoms. The average Bonchev–Trinajstić information content (AvgIpc) is 2.39. The van der Waals surface area contributed by atoms with Crippen molar-refractivity contribution >= 4 is 17.4 Å². The van der Waals surface area contributed by atoms with Gasteiger partial charge in [-0.1, -0.05) is 12.1 Å². The number of Topliss-reactive ketones (excluding diaryl/α,β-unsaturated/α-hetero) is 1. The van der Waals surface area contributed by atoms with Crippen LogP contribution in [0.3, 0.4) is 0 Å². The summed E-state index contributed by atoms with van der Waals surface area (Å²) in [6.07, 6.45) is 0. The molecule has 0 bridgehead atoms. The lowest BCUT2D eigenvalue weighted by Gasteiger charge is -2.07. The van der Waals surface area contributed by atoms with E-state index in [4.69, 9.17) is 5.26 Å². The van der Waals surface area contributed by atoms with Crippen molar-refractivity contribution in [2.75, 3.05) is 6.61 Å². The molecule has 0 aromatic heterocycles. The lowest BCUT2D eigenvalue weighted by Crippen LogP contribution is -2.25. The Morgan fingerprint density at radius 2 is 2.11 bits per heavy atom. The summed E-state index contributed by atoms with van der Waals surface area (Å²) in [6, 6.07) is 6.64. The molecule has 1 atom stereocenters. The number of carbonyl (C=O) groups excluding carboxylic acids is 2. The molecule has 0 saturated carbocycles. The van der Waals surface area contributed by atoms with E-state index in [1.807, 2.05) is 0 Å². The van der Waals surface area contributed by atoms with Crippen molar-refractivity contribution < 1.29 is 19.2 Å². The minimum absolute atomic E-state index is 0.0151. The quantitative estimate of drug-likeness (QED) is 0.261. The number of carbonyl (C=O) groups is 2. The highest BCUT2D eigenvalue weighted by Gasteiger charge is 2.32. The second-order valence-electron chi connectivity index (χ2n) is 3.45. The third-order valence-corrected chi connectivity index (χ3v) is 2.28. The molecule has 98 valence electrons. The molecule has 0 saturated heterocycles. The highest BCUT2D eigenvalue weighted by Crippen LogP contribution is 2.21. The van der Waals surface area contributed by atoms with Crippen molar-refractivity contribution in [2.24, 2.45) is 5.92 Å². The minimum atomic E-state index is -1.69. The number of nitro groups is 1. The van der Waals surface area contributed by atoms with Crippen LogP contribution >= 0.6 is 0 Å². The van der Waals surface area contributed by atoms with Gasteiger partial charge in [-0.25, -0.2) is 0 Å². The summed E-state index contributed by atoms with van der Waals surface area (Å²) in [4.78, 5) is 33.5. The van der Waals surface area contributed by atoms with E-state index in [1.165, 1.54) is 31.2 Å². The van der Waals surface area contributed by atoms with E-state index in [2.05, 4.69) is 4.74 Å². The Morgan fingerprint density at radius 3 is 2.63 bits per heavy atom. The van der Waals surface area contributed by atoms with Crippen LogP contribution in [0.25, 0.3) is 0 Å². The molecule has 0 aliphatic rings. The molecule has 7 heteroatoms. The molecule has 0 fully saturated rings. The fraction of sp³-hybridized carbons (Fsp3) is 0.250. The number of hydrogen-bond donors (Lipinski definition) is 0. The average molecular weight is 262 g/mol. The van der Waals surface area contributed by atoms with Crippen molar-refractivity contribution in [1.29, 1.82) is 5.26 Å². The maximum atomic E-state index is 12.0. The minimum Gasteiger partial charge on any atom is -0.465 e. The second kappa shape index (κ2) is 6.26. The molecule has 0 unspecified atom stereocenters.